The molecule has 0 aliphatic carbocycles. The maximum absolute atomic E-state index is 13.4. The molecule has 0 aromatic carbocycles. The van der Waals surface area contributed by atoms with Crippen molar-refractivity contribution in [1.82, 2.24) is 5.32 Å². The normalized spacial score (nSPS) is 27.9. The smallest absolute Gasteiger partial charge is 0.220 e. The number of ether oxygens (including phenoxy) is 6. The molecule has 3 aliphatic rings. The highest BCUT2D eigenvalue weighted by molar-refractivity contribution is 5.76. The summed E-state index contributed by atoms with van der Waals surface area (Å²) in [5, 5.41) is 121. The predicted molar refractivity (Wildman–Crippen MR) is 369 cm³/mol. The number of allylic oxidation sites excluding steroid dienone is 13. The monoisotopic (exact) mass is 1330 g/mol. The minimum absolute atomic E-state index is 0.225. The summed E-state index contributed by atoms with van der Waals surface area (Å²) >= 11 is 0. The Hall–Kier alpha value is -3.03. The Morgan fingerprint density at radius 1 is 0.394 bits per heavy atom. The number of carbonyl (C=O) groups is 1. The summed E-state index contributed by atoms with van der Waals surface area (Å²) in [4.78, 5) is 13.4. The highest BCUT2D eigenvalue weighted by Crippen LogP contribution is 2.33. The summed E-state index contributed by atoms with van der Waals surface area (Å²) in [6.45, 7) is 1.61. The summed E-state index contributed by atoms with van der Waals surface area (Å²) < 4.78 is 34.4. The Balaban J connectivity index is 1.44. The van der Waals surface area contributed by atoms with Crippen LogP contribution < -0.4 is 5.32 Å². The van der Waals surface area contributed by atoms with Gasteiger partial charge in [-0.3, -0.25) is 4.79 Å². The molecule has 1 amide bonds. The maximum atomic E-state index is 13.4. The number of carbonyl (C=O) groups excluding carboxylic acids is 1. The molecule has 94 heavy (non-hydrogen) atoms. The van der Waals surface area contributed by atoms with Gasteiger partial charge >= 0.3 is 0 Å². The van der Waals surface area contributed by atoms with Crippen LogP contribution in [0.4, 0.5) is 0 Å². The van der Waals surface area contributed by atoms with Crippen LogP contribution in [0.3, 0.4) is 0 Å². The first-order valence-corrected chi connectivity index (χ1v) is 36.8. The second-order valence-electron chi connectivity index (χ2n) is 26.0. The van der Waals surface area contributed by atoms with Crippen LogP contribution in [0.5, 0.6) is 0 Å². The highest BCUT2D eigenvalue weighted by Gasteiger charge is 2.53. The molecule has 17 atom stereocenters. The standard InChI is InChI=1S/C75H131NO18/c1-3-5-7-9-11-13-15-17-19-21-23-25-27-29-31-33-35-37-39-41-43-45-47-49-51-53-63(81)76-58(59(80)52-50-48-46-44-42-40-38-36-34-32-30-28-26-24-22-20-18-16-14-12-10-8-6-4-2)57-89-73-69(87)66(84)71(61(55-78)91-73)94-75-70(88)67(85)72(62(56-79)92-75)93-74-68(86)65(83)64(82)60(54-77)90-74/h5,7,11,13,17,19,23,25,34,36,42,44,50,52,58-62,64-75,77-80,82-88H,3-4,6,8-10,12,14-16,18,20-22,24,26-33,35,37-41,43,45-49,51,53-57H2,1-2H3,(H,76,81)/b7-5-,13-11-,19-17-,25-23-,36-34+,44-42+,52-50+. The summed E-state index contributed by atoms with van der Waals surface area (Å²) in [6, 6.07) is -1.00. The first kappa shape index (κ1) is 85.2. The molecule has 544 valence electrons. The van der Waals surface area contributed by atoms with Gasteiger partial charge in [0.05, 0.1) is 38.6 Å². The fourth-order valence-electron chi connectivity index (χ4n) is 12.0. The fourth-order valence-corrected chi connectivity index (χ4v) is 12.0. The van der Waals surface area contributed by atoms with Crippen LogP contribution in [0.25, 0.3) is 0 Å². The van der Waals surface area contributed by atoms with Crippen LogP contribution in [0.1, 0.15) is 251 Å². The van der Waals surface area contributed by atoms with Gasteiger partial charge in [0.1, 0.15) is 73.2 Å². The van der Waals surface area contributed by atoms with Crippen molar-refractivity contribution in [3.05, 3.63) is 85.1 Å². The molecule has 3 aliphatic heterocycles. The van der Waals surface area contributed by atoms with E-state index in [1.807, 2.05) is 6.08 Å². The van der Waals surface area contributed by atoms with Crippen molar-refractivity contribution in [1.29, 1.82) is 0 Å². The molecule has 3 fully saturated rings. The van der Waals surface area contributed by atoms with Gasteiger partial charge in [-0.05, 0) is 83.5 Å². The number of unbranched alkanes of at least 4 members (excludes halogenated alkanes) is 28. The van der Waals surface area contributed by atoms with E-state index in [0.717, 1.165) is 83.5 Å². The van der Waals surface area contributed by atoms with Gasteiger partial charge in [-0.2, -0.15) is 0 Å². The number of rotatable bonds is 56. The number of hydrogen-bond donors (Lipinski definition) is 12. The molecule has 17 unspecified atom stereocenters. The molecule has 3 heterocycles. The summed E-state index contributed by atoms with van der Waals surface area (Å²) in [5.74, 6) is -0.293. The molecule has 3 rings (SSSR count). The third-order valence-corrected chi connectivity index (χ3v) is 17.9. The molecule has 3 saturated heterocycles. The topological polar surface area (TPSA) is 307 Å². The van der Waals surface area contributed by atoms with Crippen molar-refractivity contribution in [2.24, 2.45) is 0 Å². The van der Waals surface area contributed by atoms with Gasteiger partial charge in [-0.1, -0.05) is 247 Å². The van der Waals surface area contributed by atoms with E-state index in [1.54, 1.807) is 6.08 Å². The minimum Gasteiger partial charge on any atom is -0.394 e. The van der Waals surface area contributed by atoms with Crippen LogP contribution in [-0.2, 0) is 33.2 Å². The number of nitrogens with one attached hydrogen (secondary N) is 1. The Morgan fingerprint density at radius 3 is 1.19 bits per heavy atom. The van der Waals surface area contributed by atoms with E-state index in [2.05, 4.69) is 92.1 Å². The number of amides is 1. The third-order valence-electron chi connectivity index (χ3n) is 17.9. The van der Waals surface area contributed by atoms with E-state index in [9.17, 15) is 61.0 Å². The van der Waals surface area contributed by atoms with Crippen molar-refractivity contribution >= 4 is 5.91 Å². The molecule has 0 bridgehead atoms. The van der Waals surface area contributed by atoms with Crippen molar-refractivity contribution in [3.63, 3.8) is 0 Å². The molecule has 19 nitrogen and oxygen atoms in total. The van der Waals surface area contributed by atoms with Crippen molar-refractivity contribution in [2.75, 3.05) is 26.4 Å². The molecule has 0 saturated carbocycles. The first-order valence-electron chi connectivity index (χ1n) is 36.8. The van der Waals surface area contributed by atoms with Crippen LogP contribution in [-0.4, -0.2) is 193 Å². The number of hydrogen-bond acceptors (Lipinski definition) is 18. The zero-order valence-corrected chi connectivity index (χ0v) is 57.7. The lowest BCUT2D eigenvalue weighted by atomic mass is 9.96. The number of aliphatic hydroxyl groups excluding tert-OH is 11. The van der Waals surface area contributed by atoms with Crippen LogP contribution in [0.15, 0.2) is 85.1 Å². The van der Waals surface area contributed by atoms with Gasteiger partial charge in [0.2, 0.25) is 5.91 Å². The third kappa shape index (κ3) is 36.7. The second-order valence-corrected chi connectivity index (χ2v) is 26.0. The van der Waals surface area contributed by atoms with Gasteiger partial charge in [-0.25, -0.2) is 0 Å². The van der Waals surface area contributed by atoms with Gasteiger partial charge in [0, 0.05) is 6.42 Å². The Labute approximate surface area is 565 Å². The SMILES string of the molecule is CC/C=C\C/C=C\C/C=C\C/C=C\CCCCCCCCCCCCCCC(=O)NC(COC1OC(CO)C(OC2OC(CO)C(OC3OC(CO)C(O)C(O)C3O)C(O)C2O)C(O)C1O)C(O)/C=C/CC/C=C/CC/C=C/CCCCCCCCCCCCCCCC. The maximum Gasteiger partial charge on any atom is 0.220 e. The molecule has 0 radical (unpaired) electrons. The average molecular weight is 1330 g/mol. The van der Waals surface area contributed by atoms with Crippen molar-refractivity contribution in [2.45, 2.75) is 356 Å². The Kier molecular flexibility index (Phi) is 50.6. The van der Waals surface area contributed by atoms with Crippen LogP contribution in [0.2, 0.25) is 0 Å². The predicted octanol–water partition coefficient (Wildman–Crippen LogP) is 10.7. The fraction of sp³-hybridized carbons (Fsp3) is 0.800. The van der Waals surface area contributed by atoms with E-state index < -0.39 is 124 Å². The molecule has 0 aromatic heterocycles. The van der Waals surface area contributed by atoms with E-state index in [4.69, 9.17) is 28.4 Å². The minimum atomic E-state index is -1.99. The molecular formula is C75H131NO18. The Morgan fingerprint density at radius 2 is 0.745 bits per heavy atom. The lowest BCUT2D eigenvalue weighted by molar-refractivity contribution is -0.379. The quantitative estimate of drug-likeness (QED) is 0.0199. The van der Waals surface area contributed by atoms with E-state index in [-0.39, 0.29) is 18.9 Å². The van der Waals surface area contributed by atoms with Crippen molar-refractivity contribution in [3.8, 4) is 0 Å². The Bertz CT molecular complexity index is 2030. The van der Waals surface area contributed by atoms with E-state index in [0.29, 0.717) is 12.8 Å². The largest absolute Gasteiger partial charge is 0.394 e. The van der Waals surface area contributed by atoms with Crippen LogP contribution >= 0.6 is 0 Å². The molecule has 19 heteroatoms. The van der Waals surface area contributed by atoms with Gasteiger partial charge in [0.15, 0.2) is 18.9 Å². The van der Waals surface area contributed by atoms with Crippen molar-refractivity contribution < 1.29 is 89.4 Å². The lowest BCUT2D eigenvalue weighted by Gasteiger charge is -2.48. The number of aliphatic hydroxyl groups is 11. The molecule has 12 N–H and O–H groups in total. The molecular weight excluding hydrogens is 1200 g/mol. The zero-order valence-electron chi connectivity index (χ0n) is 57.7. The zero-order chi connectivity index (χ0) is 68.2. The van der Waals surface area contributed by atoms with E-state index >= 15 is 0 Å². The summed E-state index contributed by atoms with van der Waals surface area (Å²) in [7, 11) is 0. The molecule has 0 spiro atoms. The van der Waals surface area contributed by atoms with Gasteiger partial charge in [-0.15, -0.1) is 0 Å². The van der Waals surface area contributed by atoms with Gasteiger partial charge < -0.3 is 89.9 Å². The second kappa shape index (κ2) is 55.8. The summed E-state index contributed by atoms with van der Waals surface area (Å²) in [5.41, 5.74) is 0. The lowest BCUT2D eigenvalue weighted by Crippen LogP contribution is -2.66. The highest BCUT2D eigenvalue weighted by atomic mass is 16.8. The first-order chi connectivity index (χ1) is 45.8. The molecule has 0 aromatic rings. The van der Waals surface area contributed by atoms with Gasteiger partial charge in [0.25, 0.3) is 0 Å². The summed E-state index contributed by atoms with van der Waals surface area (Å²) in [6.07, 6.45) is 45.6. The van der Waals surface area contributed by atoms with E-state index in [1.165, 1.54) is 135 Å². The van der Waals surface area contributed by atoms with Crippen LogP contribution in [0, 0.1) is 0 Å². The average Bonchev–Trinajstić information content (AvgIpc) is 0.788.